The predicted octanol–water partition coefficient (Wildman–Crippen LogP) is 3.22. The van der Waals surface area contributed by atoms with Crippen molar-refractivity contribution in [1.29, 1.82) is 0 Å². The maximum Gasteiger partial charge on any atom is 0.127 e. The van der Waals surface area contributed by atoms with Crippen LogP contribution in [0.3, 0.4) is 0 Å². The third-order valence-electron chi connectivity index (χ3n) is 4.76. The molecule has 1 saturated heterocycles. The number of imidazole rings is 1. The number of aryl methyl sites for hydroxylation is 1. The molecule has 0 bridgehead atoms. The van der Waals surface area contributed by atoms with Crippen LogP contribution < -0.4 is 0 Å². The number of pyridine rings is 2. The number of hydrogen-bond acceptors (Lipinski definition) is 4. The molecule has 0 N–H and O–H groups in total. The van der Waals surface area contributed by atoms with E-state index in [1.165, 1.54) is 0 Å². The van der Waals surface area contributed by atoms with E-state index in [9.17, 15) is 0 Å². The van der Waals surface area contributed by atoms with Gasteiger partial charge in [-0.2, -0.15) is 0 Å². The van der Waals surface area contributed by atoms with Gasteiger partial charge in [0.15, 0.2) is 0 Å². The van der Waals surface area contributed by atoms with E-state index >= 15 is 0 Å². The summed E-state index contributed by atoms with van der Waals surface area (Å²) >= 11 is 0. The maximum atomic E-state index is 6.13. The standard InChI is InChI=1S/C20H24N4O/c1-16-6-4-7-17(22-16)15-25-19-9-5-10-23(13-19)14-20-21-12-18-8-2-3-11-24(18)20/h2-4,6-8,11-12,19H,5,9-10,13-15H2,1H3/t19-/m0/s1. The number of ether oxygens (including phenoxy) is 1. The molecule has 1 aliphatic rings. The molecule has 0 aromatic carbocycles. The van der Waals surface area contributed by atoms with Gasteiger partial charge in [0, 0.05) is 18.4 Å². The van der Waals surface area contributed by atoms with Crippen LogP contribution in [0.2, 0.25) is 0 Å². The van der Waals surface area contributed by atoms with Crippen LogP contribution in [0.25, 0.3) is 5.52 Å². The highest BCUT2D eigenvalue weighted by Gasteiger charge is 2.21. The second-order valence-corrected chi connectivity index (χ2v) is 6.75. The summed E-state index contributed by atoms with van der Waals surface area (Å²) in [7, 11) is 0. The van der Waals surface area contributed by atoms with E-state index in [2.05, 4.69) is 37.6 Å². The Morgan fingerprint density at radius 2 is 2.16 bits per heavy atom. The van der Waals surface area contributed by atoms with Crippen LogP contribution >= 0.6 is 0 Å². The third kappa shape index (κ3) is 3.89. The summed E-state index contributed by atoms with van der Waals surface area (Å²) in [6.45, 7) is 5.52. The fourth-order valence-corrected chi connectivity index (χ4v) is 3.49. The maximum absolute atomic E-state index is 6.13. The van der Waals surface area contributed by atoms with Gasteiger partial charge >= 0.3 is 0 Å². The summed E-state index contributed by atoms with van der Waals surface area (Å²) < 4.78 is 8.30. The summed E-state index contributed by atoms with van der Waals surface area (Å²) in [6.07, 6.45) is 6.57. The number of piperidine rings is 1. The van der Waals surface area contributed by atoms with Crippen LogP contribution in [0, 0.1) is 6.92 Å². The van der Waals surface area contributed by atoms with Gasteiger partial charge in [-0.05, 0) is 50.6 Å². The van der Waals surface area contributed by atoms with E-state index in [0.29, 0.717) is 6.61 Å². The lowest BCUT2D eigenvalue weighted by atomic mass is 10.1. The zero-order valence-corrected chi connectivity index (χ0v) is 14.6. The first-order chi connectivity index (χ1) is 12.3. The first-order valence-electron chi connectivity index (χ1n) is 8.95. The zero-order valence-electron chi connectivity index (χ0n) is 14.6. The van der Waals surface area contributed by atoms with E-state index in [4.69, 9.17) is 4.74 Å². The highest BCUT2D eigenvalue weighted by Crippen LogP contribution is 2.17. The molecule has 1 fully saturated rings. The van der Waals surface area contributed by atoms with Crippen molar-refractivity contribution in [3.8, 4) is 0 Å². The van der Waals surface area contributed by atoms with Gasteiger partial charge in [-0.1, -0.05) is 12.1 Å². The average molecular weight is 336 g/mol. The zero-order chi connectivity index (χ0) is 17.1. The lowest BCUT2D eigenvalue weighted by Crippen LogP contribution is -2.39. The van der Waals surface area contributed by atoms with Crippen LogP contribution in [0.15, 0.2) is 48.8 Å². The second-order valence-electron chi connectivity index (χ2n) is 6.75. The molecule has 0 spiro atoms. The predicted molar refractivity (Wildman–Crippen MR) is 97.3 cm³/mol. The molecule has 0 aliphatic carbocycles. The van der Waals surface area contributed by atoms with Gasteiger partial charge in [0.05, 0.1) is 36.7 Å². The Kier molecular flexibility index (Phi) is 4.76. The number of likely N-dealkylation sites (tertiary alicyclic amines) is 1. The van der Waals surface area contributed by atoms with Gasteiger partial charge in [-0.25, -0.2) is 4.98 Å². The molecule has 5 nitrogen and oxygen atoms in total. The molecule has 4 rings (SSSR count). The summed E-state index contributed by atoms with van der Waals surface area (Å²) in [6, 6.07) is 12.3. The first kappa shape index (κ1) is 16.2. The van der Waals surface area contributed by atoms with Gasteiger partial charge in [0.25, 0.3) is 0 Å². The molecule has 0 amide bonds. The van der Waals surface area contributed by atoms with Crippen LogP contribution in [-0.4, -0.2) is 38.5 Å². The molecule has 1 atom stereocenters. The molecule has 4 heterocycles. The van der Waals surface area contributed by atoms with Crippen molar-refractivity contribution in [1.82, 2.24) is 19.3 Å². The van der Waals surface area contributed by atoms with Gasteiger partial charge < -0.3 is 9.14 Å². The molecule has 25 heavy (non-hydrogen) atoms. The van der Waals surface area contributed by atoms with Crippen molar-refractivity contribution in [3.05, 3.63) is 66.0 Å². The average Bonchev–Trinajstić information content (AvgIpc) is 3.04. The largest absolute Gasteiger partial charge is 0.371 e. The first-order valence-corrected chi connectivity index (χ1v) is 8.95. The third-order valence-corrected chi connectivity index (χ3v) is 4.76. The van der Waals surface area contributed by atoms with Crippen molar-refractivity contribution < 1.29 is 4.74 Å². The van der Waals surface area contributed by atoms with E-state index < -0.39 is 0 Å². The normalized spacial score (nSPS) is 18.7. The van der Waals surface area contributed by atoms with Crippen LogP contribution in [0.1, 0.15) is 30.1 Å². The topological polar surface area (TPSA) is 42.7 Å². The van der Waals surface area contributed by atoms with Crippen molar-refractivity contribution in [2.45, 2.75) is 39.0 Å². The second kappa shape index (κ2) is 7.33. The Labute approximate surface area is 148 Å². The van der Waals surface area contributed by atoms with E-state index in [-0.39, 0.29) is 6.10 Å². The lowest BCUT2D eigenvalue weighted by Gasteiger charge is -2.32. The van der Waals surface area contributed by atoms with Crippen LogP contribution in [0.5, 0.6) is 0 Å². The van der Waals surface area contributed by atoms with Gasteiger partial charge in [0.2, 0.25) is 0 Å². The van der Waals surface area contributed by atoms with Crippen molar-refractivity contribution >= 4 is 5.52 Å². The number of fused-ring (bicyclic) bond motifs is 1. The summed E-state index contributed by atoms with van der Waals surface area (Å²) in [5.74, 6) is 1.09. The minimum absolute atomic E-state index is 0.266. The van der Waals surface area contributed by atoms with Crippen molar-refractivity contribution in [3.63, 3.8) is 0 Å². The molecule has 3 aromatic rings. The Bertz CT molecular complexity index is 844. The molecule has 3 aromatic heterocycles. The molecule has 0 unspecified atom stereocenters. The Morgan fingerprint density at radius 3 is 3.08 bits per heavy atom. The van der Waals surface area contributed by atoms with Gasteiger partial charge in [-0.15, -0.1) is 0 Å². The molecule has 130 valence electrons. The van der Waals surface area contributed by atoms with Crippen LogP contribution in [-0.2, 0) is 17.9 Å². The Morgan fingerprint density at radius 1 is 1.20 bits per heavy atom. The molecule has 0 saturated carbocycles. The highest BCUT2D eigenvalue weighted by molar-refractivity contribution is 5.45. The van der Waals surface area contributed by atoms with Crippen LogP contribution in [0.4, 0.5) is 0 Å². The summed E-state index contributed by atoms with van der Waals surface area (Å²) in [5.41, 5.74) is 3.20. The SMILES string of the molecule is Cc1cccc(CO[C@H]2CCCN(Cc3ncc4ccccn34)C2)n1. The number of aromatic nitrogens is 3. The van der Waals surface area contributed by atoms with Crippen molar-refractivity contribution in [2.24, 2.45) is 0 Å². The number of nitrogens with zero attached hydrogens (tertiary/aromatic N) is 4. The van der Waals surface area contributed by atoms with E-state index in [1.807, 2.05) is 37.4 Å². The molecule has 1 aliphatic heterocycles. The van der Waals surface area contributed by atoms with E-state index in [1.54, 1.807) is 0 Å². The van der Waals surface area contributed by atoms with E-state index in [0.717, 1.165) is 55.2 Å². The smallest absolute Gasteiger partial charge is 0.127 e. The number of rotatable bonds is 5. The lowest BCUT2D eigenvalue weighted by molar-refractivity contribution is -0.0139. The minimum Gasteiger partial charge on any atom is -0.371 e. The number of hydrogen-bond donors (Lipinski definition) is 0. The fraction of sp³-hybridized carbons (Fsp3) is 0.400. The van der Waals surface area contributed by atoms with Gasteiger partial charge in [0.1, 0.15) is 5.82 Å². The monoisotopic (exact) mass is 336 g/mol. The van der Waals surface area contributed by atoms with Crippen molar-refractivity contribution in [2.75, 3.05) is 13.1 Å². The Hall–Kier alpha value is -2.24. The molecular formula is C20H24N4O. The summed E-state index contributed by atoms with van der Waals surface area (Å²) in [4.78, 5) is 11.6. The minimum atomic E-state index is 0.266. The molecular weight excluding hydrogens is 312 g/mol. The van der Waals surface area contributed by atoms with Gasteiger partial charge in [-0.3, -0.25) is 9.88 Å². The Balaban J connectivity index is 1.36. The quantitative estimate of drug-likeness (QED) is 0.717. The summed E-state index contributed by atoms with van der Waals surface area (Å²) in [5, 5.41) is 0. The molecule has 5 heteroatoms. The fourth-order valence-electron chi connectivity index (χ4n) is 3.49. The highest BCUT2D eigenvalue weighted by atomic mass is 16.5. The molecule has 0 radical (unpaired) electrons.